The molecule has 2 aromatic rings. The number of anilines is 1. The maximum Gasteiger partial charge on any atom is 0.294 e. The Balaban J connectivity index is 1.82. The van der Waals surface area contributed by atoms with E-state index in [0.29, 0.717) is 0 Å². The van der Waals surface area contributed by atoms with E-state index in [9.17, 15) is 14.9 Å². The molecule has 0 aromatic heterocycles. The largest absolute Gasteiger partial charge is 0.319 e. The van der Waals surface area contributed by atoms with Crippen molar-refractivity contribution in [3.05, 3.63) is 69.2 Å². The first-order valence-corrected chi connectivity index (χ1v) is 8.30. The molecule has 0 atom stereocenters. The van der Waals surface area contributed by atoms with Crippen molar-refractivity contribution in [3.63, 3.8) is 0 Å². The monoisotopic (exact) mass is 361 g/mol. The summed E-state index contributed by atoms with van der Waals surface area (Å²) in [4.78, 5) is 24.5. The molecule has 0 heterocycles. The van der Waals surface area contributed by atoms with Gasteiger partial charge in [0.2, 0.25) is 5.91 Å². The van der Waals surface area contributed by atoms with Gasteiger partial charge in [0, 0.05) is 11.1 Å². The Morgan fingerprint density at radius 3 is 2.64 bits per heavy atom. The summed E-state index contributed by atoms with van der Waals surface area (Å²) in [6, 6.07) is 14.3. The second kappa shape index (κ2) is 9.15. The Hall–Kier alpha value is -2.44. The number of likely N-dealkylation sites (N-methyl/N-ethyl adjacent to an activating group) is 1. The van der Waals surface area contributed by atoms with Gasteiger partial charge >= 0.3 is 0 Å². The number of halogens is 1. The van der Waals surface area contributed by atoms with Crippen molar-refractivity contribution < 1.29 is 9.72 Å². The summed E-state index contributed by atoms with van der Waals surface area (Å²) < 4.78 is 0. The lowest BCUT2D eigenvalue weighted by Crippen LogP contribution is -2.31. The quantitative estimate of drug-likeness (QED) is 0.574. The minimum atomic E-state index is -0.564. The SMILES string of the molecule is CN(CCCc1ccccc1)CC(=O)Nc1ccc(Cl)cc1[N+](=O)[O-]. The number of carbonyl (C=O) groups excluding carboxylic acids is 1. The van der Waals surface area contributed by atoms with Gasteiger partial charge in [-0.25, -0.2) is 0 Å². The molecule has 0 aliphatic carbocycles. The third-order valence-electron chi connectivity index (χ3n) is 3.69. The Bertz CT molecular complexity index is 738. The van der Waals surface area contributed by atoms with E-state index in [1.165, 1.54) is 23.8 Å². The molecule has 0 aliphatic heterocycles. The molecular weight excluding hydrogens is 342 g/mol. The Morgan fingerprint density at radius 2 is 1.96 bits per heavy atom. The lowest BCUT2D eigenvalue weighted by molar-refractivity contribution is -0.383. The summed E-state index contributed by atoms with van der Waals surface area (Å²) >= 11 is 5.76. The van der Waals surface area contributed by atoms with Gasteiger partial charge in [-0.3, -0.25) is 19.8 Å². The lowest BCUT2D eigenvalue weighted by Gasteiger charge is -2.16. The fraction of sp³-hybridized carbons (Fsp3) is 0.278. The average Bonchev–Trinajstić information content (AvgIpc) is 2.57. The summed E-state index contributed by atoms with van der Waals surface area (Å²) in [6.07, 6.45) is 1.87. The second-order valence-corrected chi connectivity index (χ2v) is 6.23. The Labute approximate surface area is 151 Å². The summed E-state index contributed by atoms with van der Waals surface area (Å²) in [6.45, 7) is 0.916. The third kappa shape index (κ3) is 6.17. The summed E-state index contributed by atoms with van der Waals surface area (Å²) in [5.41, 5.74) is 1.20. The summed E-state index contributed by atoms with van der Waals surface area (Å²) in [7, 11) is 1.85. The van der Waals surface area contributed by atoms with Crippen LogP contribution >= 0.6 is 11.6 Å². The molecule has 2 aromatic carbocycles. The van der Waals surface area contributed by atoms with Crippen molar-refractivity contribution in [3.8, 4) is 0 Å². The van der Waals surface area contributed by atoms with Gasteiger partial charge < -0.3 is 5.32 Å². The number of rotatable bonds is 8. The van der Waals surface area contributed by atoms with Crippen molar-refractivity contribution in [1.82, 2.24) is 4.90 Å². The molecular formula is C18H20ClN3O3. The molecule has 2 rings (SSSR count). The number of nitrogens with zero attached hydrogens (tertiary/aromatic N) is 2. The number of nitrogens with one attached hydrogen (secondary N) is 1. The second-order valence-electron chi connectivity index (χ2n) is 5.79. The molecule has 0 saturated heterocycles. The number of hydrogen-bond acceptors (Lipinski definition) is 4. The molecule has 7 heteroatoms. The first-order chi connectivity index (χ1) is 12.0. The molecule has 6 nitrogen and oxygen atoms in total. The van der Waals surface area contributed by atoms with Crippen LogP contribution in [-0.4, -0.2) is 35.9 Å². The number of carbonyl (C=O) groups is 1. The molecule has 0 spiro atoms. The zero-order valence-electron chi connectivity index (χ0n) is 13.9. The van der Waals surface area contributed by atoms with Crippen molar-refractivity contribution in [2.45, 2.75) is 12.8 Å². The fourth-order valence-electron chi connectivity index (χ4n) is 2.47. The average molecular weight is 362 g/mol. The highest BCUT2D eigenvalue weighted by Gasteiger charge is 2.17. The number of nitro benzene ring substituents is 1. The standard InChI is InChI=1S/C18H20ClN3O3/c1-21(11-5-8-14-6-3-2-4-7-14)13-18(23)20-16-10-9-15(19)12-17(16)22(24)25/h2-4,6-7,9-10,12H,5,8,11,13H2,1H3,(H,20,23). The van der Waals surface area contributed by atoms with Gasteiger partial charge in [0.05, 0.1) is 11.5 Å². The van der Waals surface area contributed by atoms with Gasteiger partial charge in [-0.2, -0.15) is 0 Å². The lowest BCUT2D eigenvalue weighted by atomic mass is 10.1. The molecule has 1 N–H and O–H groups in total. The highest BCUT2D eigenvalue weighted by Crippen LogP contribution is 2.27. The number of nitro groups is 1. The van der Waals surface area contributed by atoms with Crippen LogP contribution in [0.3, 0.4) is 0 Å². The van der Waals surface area contributed by atoms with E-state index < -0.39 is 4.92 Å². The molecule has 0 bridgehead atoms. The van der Waals surface area contributed by atoms with Crippen LogP contribution in [0.2, 0.25) is 5.02 Å². The summed E-state index contributed by atoms with van der Waals surface area (Å²) in [5, 5.41) is 13.9. The van der Waals surface area contributed by atoms with E-state index in [4.69, 9.17) is 11.6 Å². The van der Waals surface area contributed by atoms with Crippen molar-refractivity contribution in [2.24, 2.45) is 0 Å². The first-order valence-electron chi connectivity index (χ1n) is 7.92. The van der Waals surface area contributed by atoms with Gasteiger partial charge in [0.15, 0.2) is 0 Å². The minimum absolute atomic E-state index is 0.150. The molecule has 0 radical (unpaired) electrons. The normalized spacial score (nSPS) is 10.7. The molecule has 1 amide bonds. The van der Waals surface area contributed by atoms with Gasteiger partial charge in [0.25, 0.3) is 5.69 Å². The van der Waals surface area contributed by atoms with E-state index in [2.05, 4.69) is 17.4 Å². The maximum atomic E-state index is 12.1. The highest BCUT2D eigenvalue weighted by molar-refractivity contribution is 6.31. The number of hydrogen-bond donors (Lipinski definition) is 1. The van der Waals surface area contributed by atoms with Gasteiger partial charge in [-0.05, 0) is 44.1 Å². The third-order valence-corrected chi connectivity index (χ3v) is 3.93. The van der Waals surface area contributed by atoms with Crippen LogP contribution < -0.4 is 5.32 Å². The summed E-state index contributed by atoms with van der Waals surface area (Å²) in [5.74, 6) is -0.298. The Morgan fingerprint density at radius 1 is 1.24 bits per heavy atom. The van der Waals surface area contributed by atoms with Gasteiger partial charge in [0.1, 0.15) is 5.69 Å². The predicted octanol–water partition coefficient (Wildman–Crippen LogP) is 3.75. The number of benzene rings is 2. The van der Waals surface area contributed by atoms with Crippen molar-refractivity contribution >= 4 is 28.9 Å². The molecule has 0 fully saturated rings. The van der Waals surface area contributed by atoms with Crippen LogP contribution in [0.1, 0.15) is 12.0 Å². The molecule has 0 saturated carbocycles. The van der Waals surface area contributed by atoms with Crippen molar-refractivity contribution in [2.75, 3.05) is 25.5 Å². The van der Waals surface area contributed by atoms with Gasteiger partial charge in [-0.1, -0.05) is 41.9 Å². The topological polar surface area (TPSA) is 75.5 Å². The van der Waals surface area contributed by atoms with Crippen LogP contribution in [0.15, 0.2) is 48.5 Å². The van der Waals surface area contributed by atoms with Crippen LogP contribution in [0, 0.1) is 10.1 Å². The van der Waals surface area contributed by atoms with E-state index in [-0.39, 0.29) is 28.8 Å². The number of amides is 1. The van der Waals surface area contributed by atoms with Crippen LogP contribution in [0.25, 0.3) is 0 Å². The highest BCUT2D eigenvalue weighted by atomic mass is 35.5. The van der Waals surface area contributed by atoms with Gasteiger partial charge in [-0.15, -0.1) is 0 Å². The Kier molecular flexibility index (Phi) is 6.91. The van der Waals surface area contributed by atoms with Crippen LogP contribution in [-0.2, 0) is 11.2 Å². The number of aryl methyl sites for hydroxylation is 1. The molecule has 132 valence electrons. The van der Waals surface area contributed by atoms with E-state index in [0.717, 1.165) is 19.4 Å². The van der Waals surface area contributed by atoms with E-state index in [1.54, 1.807) is 0 Å². The van der Waals surface area contributed by atoms with E-state index in [1.807, 2.05) is 30.1 Å². The predicted molar refractivity (Wildman–Crippen MR) is 99.0 cm³/mol. The molecule has 0 unspecified atom stereocenters. The van der Waals surface area contributed by atoms with Crippen LogP contribution in [0.4, 0.5) is 11.4 Å². The fourth-order valence-corrected chi connectivity index (χ4v) is 2.64. The van der Waals surface area contributed by atoms with E-state index >= 15 is 0 Å². The minimum Gasteiger partial charge on any atom is -0.319 e. The zero-order valence-corrected chi connectivity index (χ0v) is 14.7. The van der Waals surface area contributed by atoms with Crippen LogP contribution in [0.5, 0.6) is 0 Å². The smallest absolute Gasteiger partial charge is 0.294 e. The maximum absolute atomic E-state index is 12.1. The molecule has 0 aliphatic rings. The van der Waals surface area contributed by atoms with Crippen molar-refractivity contribution in [1.29, 1.82) is 0 Å². The molecule has 25 heavy (non-hydrogen) atoms. The first kappa shape index (κ1) is 18.9. The zero-order chi connectivity index (χ0) is 18.2.